The molecule has 1 aromatic carbocycles. The highest BCUT2D eigenvalue weighted by Crippen LogP contribution is 2.29. The number of benzene rings is 1. The molecule has 1 atom stereocenters. The van der Waals surface area contributed by atoms with Crippen LogP contribution in [-0.4, -0.2) is 25.8 Å². The number of halogens is 1. The molecule has 2 N–H and O–H groups in total. The fourth-order valence-electron chi connectivity index (χ4n) is 1.63. The molecule has 1 rings (SSSR count). The van der Waals surface area contributed by atoms with Gasteiger partial charge < -0.3 is 5.73 Å². The summed E-state index contributed by atoms with van der Waals surface area (Å²) in [5.74, 6) is -0.790. The molecule has 0 saturated heterocycles. The molecule has 0 heterocycles. The maximum atomic E-state index is 13.7. The maximum absolute atomic E-state index is 13.7. The quantitative estimate of drug-likeness (QED) is 0.869. The van der Waals surface area contributed by atoms with Crippen LogP contribution in [0.1, 0.15) is 27.7 Å². The van der Waals surface area contributed by atoms with E-state index in [2.05, 4.69) is 0 Å². The normalized spacial score (nSPS) is 14.7. The average molecular weight is 288 g/mol. The zero-order chi connectivity index (χ0) is 15.0. The van der Waals surface area contributed by atoms with Crippen LogP contribution in [-0.2, 0) is 10.0 Å². The van der Waals surface area contributed by atoms with Gasteiger partial charge >= 0.3 is 0 Å². The van der Waals surface area contributed by atoms with Gasteiger partial charge in [-0.1, -0.05) is 20.8 Å². The lowest BCUT2D eigenvalue weighted by molar-refractivity contribution is 0.216. The van der Waals surface area contributed by atoms with Crippen LogP contribution in [0.25, 0.3) is 0 Å². The van der Waals surface area contributed by atoms with E-state index in [0.717, 1.165) is 12.1 Å². The lowest BCUT2D eigenvalue weighted by Crippen LogP contribution is -2.43. The van der Waals surface area contributed by atoms with Gasteiger partial charge in [-0.15, -0.1) is 0 Å². The van der Waals surface area contributed by atoms with Crippen LogP contribution in [0.3, 0.4) is 0 Å². The Morgan fingerprint density at radius 2 is 1.84 bits per heavy atom. The SMILES string of the molecule is CC(N(C)S(=O)(=O)c1cc(N)ccc1F)C(C)(C)C. The summed E-state index contributed by atoms with van der Waals surface area (Å²) in [6, 6.07) is 3.27. The van der Waals surface area contributed by atoms with Crippen LogP contribution in [0.2, 0.25) is 0 Å². The first-order chi connectivity index (χ1) is 8.48. The molecule has 4 nitrogen and oxygen atoms in total. The third-order valence-electron chi connectivity index (χ3n) is 3.41. The number of nitrogen functional groups attached to an aromatic ring is 1. The summed E-state index contributed by atoms with van der Waals surface area (Å²) in [6.07, 6.45) is 0. The second-order valence-electron chi connectivity index (χ2n) is 5.75. The molecule has 1 aromatic rings. The molecular weight excluding hydrogens is 267 g/mol. The minimum absolute atomic E-state index is 0.219. The predicted octanol–water partition coefficient (Wildman–Crippen LogP) is 2.46. The van der Waals surface area contributed by atoms with Crippen LogP contribution in [0.15, 0.2) is 23.1 Å². The largest absolute Gasteiger partial charge is 0.399 e. The topological polar surface area (TPSA) is 63.4 Å². The monoisotopic (exact) mass is 288 g/mol. The van der Waals surface area contributed by atoms with Gasteiger partial charge in [0.05, 0.1) is 0 Å². The molecule has 108 valence electrons. The highest BCUT2D eigenvalue weighted by atomic mass is 32.2. The number of sulfonamides is 1. The van der Waals surface area contributed by atoms with E-state index in [0.29, 0.717) is 0 Å². The third-order valence-corrected chi connectivity index (χ3v) is 5.35. The summed E-state index contributed by atoms with van der Waals surface area (Å²) in [5, 5.41) is 0. The van der Waals surface area contributed by atoms with E-state index in [4.69, 9.17) is 5.73 Å². The molecule has 0 radical (unpaired) electrons. The van der Waals surface area contributed by atoms with Crippen molar-refractivity contribution >= 4 is 15.7 Å². The van der Waals surface area contributed by atoms with Crippen molar-refractivity contribution in [3.05, 3.63) is 24.0 Å². The Hall–Kier alpha value is -1.14. The zero-order valence-electron chi connectivity index (χ0n) is 11.9. The first-order valence-electron chi connectivity index (χ1n) is 6.01. The lowest BCUT2D eigenvalue weighted by Gasteiger charge is -2.34. The zero-order valence-corrected chi connectivity index (χ0v) is 12.8. The first-order valence-corrected chi connectivity index (χ1v) is 7.45. The molecule has 0 aliphatic carbocycles. The van der Waals surface area contributed by atoms with Gasteiger partial charge in [-0.25, -0.2) is 12.8 Å². The van der Waals surface area contributed by atoms with Gasteiger partial charge in [-0.3, -0.25) is 0 Å². The lowest BCUT2D eigenvalue weighted by atomic mass is 9.88. The Balaban J connectivity index is 3.28. The number of hydrogen-bond donors (Lipinski definition) is 1. The van der Waals surface area contributed by atoms with E-state index in [1.165, 1.54) is 17.4 Å². The van der Waals surface area contributed by atoms with Crippen LogP contribution < -0.4 is 5.73 Å². The van der Waals surface area contributed by atoms with Gasteiger partial charge in [0.2, 0.25) is 10.0 Å². The average Bonchev–Trinajstić information content (AvgIpc) is 2.28. The van der Waals surface area contributed by atoms with Crippen LogP contribution in [0.4, 0.5) is 10.1 Å². The van der Waals surface area contributed by atoms with Gasteiger partial charge in [-0.05, 0) is 30.5 Å². The van der Waals surface area contributed by atoms with Crippen LogP contribution >= 0.6 is 0 Å². The van der Waals surface area contributed by atoms with Crippen molar-refractivity contribution in [2.24, 2.45) is 5.41 Å². The van der Waals surface area contributed by atoms with Gasteiger partial charge in [0, 0.05) is 18.8 Å². The highest BCUT2D eigenvalue weighted by Gasteiger charge is 2.33. The van der Waals surface area contributed by atoms with Crippen molar-refractivity contribution in [1.82, 2.24) is 4.31 Å². The molecule has 19 heavy (non-hydrogen) atoms. The van der Waals surface area contributed by atoms with E-state index < -0.39 is 15.8 Å². The molecule has 0 aliphatic rings. The number of nitrogens with two attached hydrogens (primary N) is 1. The molecule has 0 aliphatic heterocycles. The standard InChI is InChI=1S/C13H21FN2O2S/c1-9(13(2,3)4)16(5)19(17,18)12-8-10(15)6-7-11(12)14/h6-9H,15H2,1-5H3. The molecule has 0 fully saturated rings. The summed E-state index contributed by atoms with van der Waals surface area (Å²) in [6.45, 7) is 7.58. The van der Waals surface area contributed by atoms with Gasteiger partial charge in [0.25, 0.3) is 0 Å². The molecule has 0 spiro atoms. The van der Waals surface area contributed by atoms with E-state index in [9.17, 15) is 12.8 Å². The number of hydrogen-bond acceptors (Lipinski definition) is 3. The number of anilines is 1. The molecule has 6 heteroatoms. The fraction of sp³-hybridized carbons (Fsp3) is 0.538. The molecule has 0 amide bonds. The second-order valence-corrected chi connectivity index (χ2v) is 7.72. The summed E-state index contributed by atoms with van der Waals surface area (Å²) in [7, 11) is -2.44. The molecule has 0 aromatic heterocycles. The van der Waals surface area contributed by atoms with Gasteiger partial charge in [0.15, 0.2) is 0 Å². The van der Waals surface area contributed by atoms with Crippen molar-refractivity contribution in [3.8, 4) is 0 Å². The van der Waals surface area contributed by atoms with Crippen molar-refractivity contribution in [1.29, 1.82) is 0 Å². The molecule has 1 unspecified atom stereocenters. The Morgan fingerprint density at radius 1 is 1.32 bits per heavy atom. The van der Waals surface area contributed by atoms with Gasteiger partial charge in [0.1, 0.15) is 10.7 Å². The number of rotatable bonds is 3. The van der Waals surface area contributed by atoms with Crippen molar-refractivity contribution in [2.75, 3.05) is 12.8 Å². The molecule has 0 bridgehead atoms. The minimum atomic E-state index is -3.90. The van der Waals surface area contributed by atoms with E-state index in [-0.39, 0.29) is 22.0 Å². The second kappa shape index (κ2) is 5.09. The molecular formula is C13H21FN2O2S. The summed E-state index contributed by atoms with van der Waals surface area (Å²) in [5.41, 5.74) is 5.50. The molecule has 0 saturated carbocycles. The Morgan fingerprint density at radius 3 is 2.32 bits per heavy atom. The minimum Gasteiger partial charge on any atom is -0.399 e. The Bertz CT molecular complexity index is 564. The van der Waals surface area contributed by atoms with Crippen molar-refractivity contribution in [3.63, 3.8) is 0 Å². The Kier molecular flexibility index (Phi) is 4.27. The van der Waals surface area contributed by atoms with E-state index >= 15 is 0 Å². The Labute approximate surface area is 114 Å². The summed E-state index contributed by atoms with van der Waals surface area (Å²) in [4.78, 5) is -0.383. The number of nitrogens with zero attached hydrogens (tertiary/aromatic N) is 1. The summed E-state index contributed by atoms with van der Waals surface area (Å²) < 4.78 is 39.8. The predicted molar refractivity (Wildman–Crippen MR) is 74.7 cm³/mol. The smallest absolute Gasteiger partial charge is 0.246 e. The van der Waals surface area contributed by atoms with Crippen LogP contribution in [0, 0.1) is 11.2 Å². The fourth-order valence-corrected chi connectivity index (χ4v) is 3.27. The maximum Gasteiger partial charge on any atom is 0.246 e. The third kappa shape index (κ3) is 3.25. The van der Waals surface area contributed by atoms with E-state index in [1.54, 1.807) is 6.92 Å². The van der Waals surface area contributed by atoms with Gasteiger partial charge in [-0.2, -0.15) is 4.31 Å². The highest BCUT2D eigenvalue weighted by molar-refractivity contribution is 7.89. The van der Waals surface area contributed by atoms with Crippen LogP contribution in [0.5, 0.6) is 0 Å². The van der Waals surface area contributed by atoms with Crippen molar-refractivity contribution in [2.45, 2.75) is 38.6 Å². The first kappa shape index (κ1) is 15.9. The summed E-state index contributed by atoms with van der Waals surface area (Å²) >= 11 is 0. The van der Waals surface area contributed by atoms with Crippen molar-refractivity contribution < 1.29 is 12.8 Å². The van der Waals surface area contributed by atoms with E-state index in [1.807, 2.05) is 20.8 Å².